The van der Waals surface area contributed by atoms with Crippen LogP contribution in [0.1, 0.15) is 25.7 Å². The van der Waals surface area contributed by atoms with Gasteiger partial charge in [0.15, 0.2) is 11.5 Å². The first-order chi connectivity index (χ1) is 11.9. The molecule has 1 aliphatic carbocycles. The standard InChI is InChI=1S/C18H17OS.ClHO4/c1-2-8-14(9-3-1)20-17-12-6-4-10-15(17)19-16-11-5-7-13-18(16)20;2-1(3,4)5/h4-8,10-13H,1-3,9H2;(H,2,3,4,5)/q+1;/p-1. The minimum Gasteiger partial charge on any atom is -0.447 e. The number of para-hydroxylation sites is 2. The van der Waals surface area contributed by atoms with E-state index in [-0.39, 0.29) is 10.9 Å². The van der Waals surface area contributed by atoms with E-state index in [1.165, 1.54) is 35.5 Å². The Hall–Kier alpha value is -1.54. The van der Waals surface area contributed by atoms with Crippen molar-refractivity contribution in [2.45, 2.75) is 35.5 Å². The van der Waals surface area contributed by atoms with Gasteiger partial charge in [0, 0.05) is 6.42 Å². The highest BCUT2D eigenvalue weighted by Crippen LogP contribution is 2.47. The Morgan fingerprint density at radius 3 is 1.80 bits per heavy atom. The molecule has 25 heavy (non-hydrogen) atoms. The molecular formula is C18H17ClO5S. The summed E-state index contributed by atoms with van der Waals surface area (Å²) in [6, 6.07) is 17.0. The quantitative estimate of drug-likeness (QED) is 0.671. The highest BCUT2D eigenvalue weighted by atomic mass is 35.7. The highest BCUT2D eigenvalue weighted by molar-refractivity contribution is 8.00. The van der Waals surface area contributed by atoms with E-state index in [1.54, 1.807) is 4.91 Å². The second-order valence-corrected chi connectivity index (χ2v) is 8.37. The average molecular weight is 381 g/mol. The number of rotatable bonds is 1. The summed E-state index contributed by atoms with van der Waals surface area (Å²) in [7, 11) is -4.89. The number of allylic oxidation sites excluding steroid dienone is 2. The predicted octanol–water partition coefficient (Wildman–Crippen LogP) is 0.530. The van der Waals surface area contributed by atoms with Crippen LogP contribution < -0.4 is 23.4 Å². The van der Waals surface area contributed by atoms with Crippen molar-refractivity contribution in [2.24, 2.45) is 0 Å². The first kappa shape index (κ1) is 18.3. The largest absolute Gasteiger partial charge is 0.447 e. The summed E-state index contributed by atoms with van der Waals surface area (Å²) in [5, 5.41) is 0. The van der Waals surface area contributed by atoms with Crippen LogP contribution in [0, 0.1) is 10.2 Å². The lowest BCUT2D eigenvalue weighted by Gasteiger charge is -2.22. The zero-order chi connectivity index (χ0) is 17.9. The molecule has 0 aromatic heterocycles. The summed E-state index contributed by atoms with van der Waals surface area (Å²) in [4.78, 5) is 4.29. The molecule has 7 heteroatoms. The summed E-state index contributed by atoms with van der Waals surface area (Å²) in [5.41, 5.74) is 0. The van der Waals surface area contributed by atoms with Gasteiger partial charge in [0.2, 0.25) is 9.79 Å². The molecule has 5 nitrogen and oxygen atoms in total. The van der Waals surface area contributed by atoms with Crippen molar-refractivity contribution in [1.29, 1.82) is 0 Å². The molecule has 0 radical (unpaired) electrons. The lowest BCUT2D eigenvalue weighted by atomic mass is 10.1. The van der Waals surface area contributed by atoms with Gasteiger partial charge >= 0.3 is 0 Å². The molecule has 2 aromatic carbocycles. The number of benzene rings is 2. The van der Waals surface area contributed by atoms with Crippen LogP contribution in [0.15, 0.2) is 69.3 Å². The van der Waals surface area contributed by atoms with E-state index in [0.717, 1.165) is 11.5 Å². The molecule has 0 saturated carbocycles. The maximum Gasteiger partial charge on any atom is 0.208 e. The van der Waals surface area contributed by atoms with Gasteiger partial charge in [0.05, 0.1) is 0 Å². The van der Waals surface area contributed by atoms with Crippen molar-refractivity contribution >= 4 is 10.9 Å². The first-order valence-corrected chi connectivity index (χ1v) is 10.3. The van der Waals surface area contributed by atoms with Crippen molar-refractivity contribution in [3.05, 3.63) is 59.5 Å². The SMILES string of the molecule is C1=C([S+]2c3ccccc3Oc3ccccc32)CCCC1.[O-][Cl+3]([O-])([O-])[O-]. The van der Waals surface area contributed by atoms with Gasteiger partial charge in [-0.15, -0.1) is 10.2 Å². The molecule has 0 fully saturated rings. The van der Waals surface area contributed by atoms with Gasteiger partial charge in [0.25, 0.3) is 0 Å². The maximum absolute atomic E-state index is 8.49. The van der Waals surface area contributed by atoms with Crippen LogP contribution in [-0.4, -0.2) is 0 Å². The second kappa shape index (κ2) is 7.78. The molecule has 0 N–H and O–H groups in total. The molecule has 2 aliphatic rings. The van der Waals surface area contributed by atoms with Gasteiger partial charge in [-0.05, 0) is 49.6 Å². The van der Waals surface area contributed by atoms with E-state index in [0.29, 0.717) is 0 Å². The highest BCUT2D eigenvalue weighted by Gasteiger charge is 2.40. The second-order valence-electron chi connectivity index (χ2n) is 5.60. The van der Waals surface area contributed by atoms with Crippen LogP contribution in [-0.2, 0) is 10.9 Å². The van der Waals surface area contributed by atoms with Crippen LogP contribution in [0.4, 0.5) is 0 Å². The van der Waals surface area contributed by atoms with Crippen LogP contribution in [0.3, 0.4) is 0 Å². The Bertz CT molecular complexity index is 721. The van der Waals surface area contributed by atoms with E-state index >= 15 is 0 Å². The van der Waals surface area contributed by atoms with Gasteiger partial charge < -0.3 is 4.74 Å². The third kappa shape index (κ3) is 4.76. The molecule has 4 rings (SSSR count). The van der Waals surface area contributed by atoms with Gasteiger partial charge in [0.1, 0.15) is 15.8 Å². The summed E-state index contributed by atoms with van der Waals surface area (Å²) in [6.45, 7) is 0. The molecule has 0 amide bonds. The molecule has 0 unspecified atom stereocenters. The molecule has 0 saturated heterocycles. The van der Waals surface area contributed by atoms with Crippen molar-refractivity contribution in [2.75, 3.05) is 0 Å². The Morgan fingerprint density at radius 1 is 0.800 bits per heavy atom. The minimum atomic E-state index is -4.94. The fourth-order valence-corrected chi connectivity index (χ4v) is 5.41. The minimum absolute atomic E-state index is 0.0551. The van der Waals surface area contributed by atoms with Gasteiger partial charge in [-0.2, -0.15) is 0 Å². The van der Waals surface area contributed by atoms with E-state index in [4.69, 9.17) is 23.4 Å². The Labute approximate surface area is 151 Å². The van der Waals surface area contributed by atoms with Gasteiger partial charge in [-0.3, -0.25) is 0 Å². The van der Waals surface area contributed by atoms with Gasteiger partial charge in [-0.1, -0.05) is 24.3 Å². The summed E-state index contributed by atoms with van der Waals surface area (Å²) >= 11 is 0. The summed E-state index contributed by atoms with van der Waals surface area (Å²) < 4.78 is 40.1. The van der Waals surface area contributed by atoms with Crippen molar-refractivity contribution in [1.82, 2.24) is 0 Å². The van der Waals surface area contributed by atoms with Crippen LogP contribution >= 0.6 is 0 Å². The molecule has 1 aliphatic heterocycles. The number of fused-ring (bicyclic) bond motifs is 2. The third-order valence-corrected chi connectivity index (χ3v) is 6.32. The topological polar surface area (TPSA) is 101 Å². The molecule has 132 valence electrons. The smallest absolute Gasteiger partial charge is 0.208 e. The van der Waals surface area contributed by atoms with Crippen molar-refractivity contribution in [3.63, 3.8) is 0 Å². The van der Waals surface area contributed by atoms with Crippen LogP contribution in [0.25, 0.3) is 0 Å². The van der Waals surface area contributed by atoms with E-state index in [1.807, 2.05) is 0 Å². The Morgan fingerprint density at radius 2 is 1.32 bits per heavy atom. The zero-order valence-electron chi connectivity index (χ0n) is 13.4. The number of ether oxygens (including phenoxy) is 1. The molecule has 0 bridgehead atoms. The Balaban J connectivity index is 0.000000324. The van der Waals surface area contributed by atoms with Crippen LogP contribution in [0.2, 0.25) is 0 Å². The summed E-state index contributed by atoms with van der Waals surface area (Å²) in [5.74, 6) is 2.06. The zero-order valence-corrected chi connectivity index (χ0v) is 14.9. The number of hydrogen-bond acceptors (Lipinski definition) is 5. The van der Waals surface area contributed by atoms with E-state index < -0.39 is 10.2 Å². The van der Waals surface area contributed by atoms with Crippen molar-refractivity contribution in [3.8, 4) is 11.5 Å². The molecule has 0 spiro atoms. The fourth-order valence-electron chi connectivity index (χ4n) is 2.92. The maximum atomic E-state index is 8.49. The predicted molar refractivity (Wildman–Crippen MR) is 83.4 cm³/mol. The van der Waals surface area contributed by atoms with E-state index in [2.05, 4.69) is 54.6 Å². The van der Waals surface area contributed by atoms with E-state index in [9.17, 15) is 0 Å². The normalized spacial score (nSPS) is 16.6. The number of halogens is 1. The van der Waals surface area contributed by atoms with Crippen LogP contribution in [0.5, 0.6) is 11.5 Å². The first-order valence-electron chi connectivity index (χ1n) is 7.84. The molecule has 0 atom stereocenters. The third-order valence-electron chi connectivity index (χ3n) is 3.87. The molecular weight excluding hydrogens is 364 g/mol. The monoisotopic (exact) mass is 380 g/mol. The Kier molecular flexibility index (Phi) is 5.68. The summed E-state index contributed by atoms with van der Waals surface area (Å²) in [6.07, 6.45) is 7.57. The number of hydrogen-bond donors (Lipinski definition) is 0. The fraction of sp³-hybridized carbons (Fsp3) is 0.222. The van der Waals surface area contributed by atoms with Crippen molar-refractivity contribution < 1.29 is 33.6 Å². The molecule has 2 aromatic rings. The average Bonchev–Trinajstić information content (AvgIpc) is 2.59. The molecule has 1 heterocycles. The van der Waals surface area contributed by atoms with Gasteiger partial charge in [-0.25, -0.2) is 18.6 Å². The lowest BCUT2D eigenvalue weighted by Crippen LogP contribution is -2.68. The lowest BCUT2D eigenvalue weighted by molar-refractivity contribution is -2.00.